The summed E-state index contributed by atoms with van der Waals surface area (Å²) in [6.07, 6.45) is 8.85. The number of nitrogens with zero attached hydrogens (tertiary/aromatic N) is 2. The van der Waals surface area contributed by atoms with Gasteiger partial charge < -0.3 is 10.2 Å². The standard InChI is InChI=1S/C17H33N3O3S/c1-4-17(5-2)9-7-15(8-10-17)18-16(21)19-11-6-12-20(14-13-19)24(3,22)23/h15H,4-14H2,1-3H3,(H,18,21). The molecule has 0 spiro atoms. The van der Waals surface area contributed by atoms with Crippen LogP contribution in [0.2, 0.25) is 0 Å². The maximum atomic E-state index is 12.5. The Morgan fingerprint density at radius 1 is 1.08 bits per heavy atom. The highest BCUT2D eigenvalue weighted by molar-refractivity contribution is 7.88. The van der Waals surface area contributed by atoms with Crippen LogP contribution in [0.4, 0.5) is 4.79 Å². The van der Waals surface area contributed by atoms with Gasteiger partial charge in [-0.25, -0.2) is 17.5 Å². The van der Waals surface area contributed by atoms with Gasteiger partial charge in [0, 0.05) is 32.2 Å². The van der Waals surface area contributed by atoms with E-state index in [1.165, 1.54) is 36.2 Å². The van der Waals surface area contributed by atoms with Crippen LogP contribution in [-0.4, -0.2) is 62.1 Å². The van der Waals surface area contributed by atoms with Crippen molar-refractivity contribution in [3.05, 3.63) is 0 Å². The normalized spacial score (nSPS) is 23.7. The van der Waals surface area contributed by atoms with Gasteiger partial charge in [0.1, 0.15) is 0 Å². The largest absolute Gasteiger partial charge is 0.335 e. The number of hydrogen-bond acceptors (Lipinski definition) is 3. The van der Waals surface area contributed by atoms with Crippen LogP contribution in [0.1, 0.15) is 58.8 Å². The summed E-state index contributed by atoms with van der Waals surface area (Å²) in [5.41, 5.74) is 0.472. The maximum absolute atomic E-state index is 12.5. The van der Waals surface area contributed by atoms with Crippen molar-refractivity contribution in [2.24, 2.45) is 5.41 Å². The molecule has 1 N–H and O–H groups in total. The van der Waals surface area contributed by atoms with Crippen molar-refractivity contribution in [1.29, 1.82) is 0 Å². The quantitative estimate of drug-likeness (QED) is 0.838. The minimum absolute atomic E-state index is 0.0316. The number of rotatable bonds is 4. The van der Waals surface area contributed by atoms with Crippen LogP contribution >= 0.6 is 0 Å². The fourth-order valence-electron chi connectivity index (χ4n) is 4.03. The first kappa shape index (κ1) is 19.5. The van der Waals surface area contributed by atoms with Gasteiger partial charge in [-0.15, -0.1) is 0 Å². The van der Waals surface area contributed by atoms with Crippen molar-refractivity contribution in [1.82, 2.24) is 14.5 Å². The predicted octanol–water partition coefficient (Wildman–Crippen LogP) is 2.41. The Balaban J connectivity index is 1.83. The van der Waals surface area contributed by atoms with Crippen LogP contribution < -0.4 is 5.32 Å². The zero-order valence-corrected chi connectivity index (χ0v) is 16.2. The zero-order chi connectivity index (χ0) is 17.8. The second kappa shape index (κ2) is 8.04. The van der Waals surface area contributed by atoms with Crippen LogP contribution in [0.15, 0.2) is 0 Å². The van der Waals surface area contributed by atoms with Crippen LogP contribution in [0.5, 0.6) is 0 Å². The smallest absolute Gasteiger partial charge is 0.317 e. The second-order valence-corrected chi connectivity index (χ2v) is 9.42. The van der Waals surface area contributed by atoms with Gasteiger partial charge in [-0.2, -0.15) is 0 Å². The monoisotopic (exact) mass is 359 g/mol. The highest BCUT2D eigenvalue weighted by Crippen LogP contribution is 2.41. The van der Waals surface area contributed by atoms with Crippen molar-refractivity contribution in [3.63, 3.8) is 0 Å². The van der Waals surface area contributed by atoms with Gasteiger partial charge in [-0.05, 0) is 37.5 Å². The molecule has 1 heterocycles. The predicted molar refractivity (Wildman–Crippen MR) is 96.4 cm³/mol. The number of sulfonamides is 1. The second-order valence-electron chi connectivity index (χ2n) is 7.43. The molecule has 0 unspecified atom stereocenters. The van der Waals surface area contributed by atoms with Gasteiger partial charge in [-0.3, -0.25) is 0 Å². The lowest BCUT2D eigenvalue weighted by atomic mass is 9.69. The van der Waals surface area contributed by atoms with Crippen LogP contribution in [0.25, 0.3) is 0 Å². The van der Waals surface area contributed by atoms with Gasteiger partial charge >= 0.3 is 6.03 Å². The first-order valence-electron chi connectivity index (χ1n) is 9.30. The summed E-state index contributed by atoms with van der Waals surface area (Å²) in [6.45, 7) is 6.53. The summed E-state index contributed by atoms with van der Waals surface area (Å²) >= 11 is 0. The third-order valence-corrected chi connectivity index (χ3v) is 7.39. The molecule has 0 bridgehead atoms. The Labute approximate surface area is 147 Å². The molecule has 7 heteroatoms. The van der Waals surface area contributed by atoms with Gasteiger partial charge in [-0.1, -0.05) is 26.7 Å². The minimum Gasteiger partial charge on any atom is -0.335 e. The molecular formula is C17H33N3O3S. The highest BCUT2D eigenvalue weighted by Gasteiger charge is 2.33. The van der Waals surface area contributed by atoms with Crippen molar-refractivity contribution >= 4 is 16.1 Å². The Morgan fingerprint density at radius 3 is 2.25 bits per heavy atom. The molecule has 0 aromatic carbocycles. The van der Waals surface area contributed by atoms with E-state index in [1.54, 1.807) is 4.90 Å². The molecule has 1 aliphatic heterocycles. The number of carbonyl (C=O) groups is 1. The lowest BCUT2D eigenvalue weighted by Gasteiger charge is -2.39. The number of carbonyl (C=O) groups excluding carboxylic acids is 1. The lowest BCUT2D eigenvalue weighted by molar-refractivity contribution is 0.142. The molecular weight excluding hydrogens is 326 g/mol. The SMILES string of the molecule is CCC1(CC)CCC(NC(=O)N2CCCN(S(C)(=O)=O)CC2)CC1. The van der Waals surface area contributed by atoms with E-state index >= 15 is 0 Å². The van der Waals surface area contributed by atoms with E-state index in [2.05, 4.69) is 19.2 Å². The fraction of sp³-hybridized carbons (Fsp3) is 0.941. The Kier molecular flexibility index (Phi) is 6.53. The van der Waals surface area contributed by atoms with E-state index in [0.717, 1.165) is 12.8 Å². The summed E-state index contributed by atoms with van der Waals surface area (Å²) in [5, 5.41) is 3.17. The molecule has 2 fully saturated rings. The van der Waals surface area contributed by atoms with E-state index in [4.69, 9.17) is 0 Å². The van der Waals surface area contributed by atoms with Crippen molar-refractivity contribution in [3.8, 4) is 0 Å². The molecule has 1 saturated carbocycles. The molecule has 140 valence electrons. The number of nitrogens with one attached hydrogen (secondary N) is 1. The van der Waals surface area contributed by atoms with Crippen molar-refractivity contribution in [2.45, 2.75) is 64.8 Å². The number of hydrogen-bond donors (Lipinski definition) is 1. The summed E-state index contributed by atoms with van der Waals surface area (Å²) in [7, 11) is -3.17. The van der Waals surface area contributed by atoms with E-state index in [0.29, 0.717) is 38.0 Å². The van der Waals surface area contributed by atoms with Crippen molar-refractivity contribution < 1.29 is 13.2 Å². The van der Waals surface area contributed by atoms with Gasteiger partial charge in [0.25, 0.3) is 0 Å². The maximum Gasteiger partial charge on any atom is 0.317 e. The summed E-state index contributed by atoms with van der Waals surface area (Å²) in [5.74, 6) is 0. The first-order valence-corrected chi connectivity index (χ1v) is 11.1. The third kappa shape index (κ3) is 4.85. The minimum atomic E-state index is -3.17. The van der Waals surface area contributed by atoms with E-state index in [1.807, 2.05) is 0 Å². The molecule has 0 aromatic rings. The van der Waals surface area contributed by atoms with E-state index in [9.17, 15) is 13.2 Å². The molecule has 2 rings (SSSR count). The van der Waals surface area contributed by atoms with Gasteiger partial charge in [0.15, 0.2) is 0 Å². The zero-order valence-electron chi connectivity index (χ0n) is 15.4. The summed E-state index contributed by atoms with van der Waals surface area (Å²) in [4.78, 5) is 14.3. The molecule has 2 amide bonds. The Bertz CT molecular complexity index is 521. The fourth-order valence-corrected chi connectivity index (χ4v) is 4.90. The average molecular weight is 360 g/mol. The molecule has 0 radical (unpaired) electrons. The van der Waals surface area contributed by atoms with Gasteiger partial charge in [0.05, 0.1) is 6.26 Å². The molecule has 1 saturated heterocycles. The van der Waals surface area contributed by atoms with Crippen LogP contribution in [0.3, 0.4) is 0 Å². The summed E-state index contributed by atoms with van der Waals surface area (Å²) < 4.78 is 24.8. The molecule has 0 aromatic heterocycles. The Hall–Kier alpha value is -0.820. The van der Waals surface area contributed by atoms with Crippen LogP contribution in [-0.2, 0) is 10.0 Å². The molecule has 2 aliphatic rings. The first-order chi connectivity index (χ1) is 11.3. The molecule has 1 aliphatic carbocycles. The lowest BCUT2D eigenvalue weighted by Crippen LogP contribution is -2.48. The third-order valence-electron chi connectivity index (χ3n) is 6.08. The highest BCUT2D eigenvalue weighted by atomic mass is 32.2. The molecule has 6 nitrogen and oxygen atoms in total. The average Bonchev–Trinajstić information content (AvgIpc) is 2.82. The molecule has 0 atom stereocenters. The van der Waals surface area contributed by atoms with Crippen LogP contribution in [0, 0.1) is 5.41 Å². The number of urea groups is 1. The summed E-state index contributed by atoms with van der Waals surface area (Å²) in [6, 6.07) is 0.230. The number of amides is 2. The van der Waals surface area contributed by atoms with E-state index in [-0.39, 0.29) is 12.1 Å². The Morgan fingerprint density at radius 2 is 1.71 bits per heavy atom. The van der Waals surface area contributed by atoms with Crippen molar-refractivity contribution in [2.75, 3.05) is 32.4 Å². The topological polar surface area (TPSA) is 69.7 Å². The van der Waals surface area contributed by atoms with Gasteiger partial charge in [0.2, 0.25) is 10.0 Å². The molecule has 24 heavy (non-hydrogen) atoms. The van der Waals surface area contributed by atoms with E-state index < -0.39 is 10.0 Å².